The average molecular weight is 217 g/mol. The zero-order valence-electron chi connectivity index (χ0n) is 9.66. The molecule has 0 bridgehead atoms. The maximum atomic E-state index is 11.2. The monoisotopic (exact) mass is 217 g/mol. The zero-order valence-corrected chi connectivity index (χ0v) is 9.66. The first-order valence-electron chi connectivity index (χ1n) is 5.15. The van der Waals surface area contributed by atoms with Gasteiger partial charge in [-0.3, -0.25) is 9.89 Å². The highest BCUT2D eigenvalue weighted by molar-refractivity contribution is 5.52. The molecule has 0 fully saturated rings. The summed E-state index contributed by atoms with van der Waals surface area (Å²) in [6.07, 6.45) is 0. The zero-order chi connectivity index (χ0) is 11.9. The van der Waals surface area contributed by atoms with E-state index in [0.29, 0.717) is 5.82 Å². The lowest BCUT2D eigenvalue weighted by atomic mass is 10.1. The number of H-pyrrole nitrogens is 1. The number of benzene rings is 1. The Kier molecular flexibility index (Phi) is 2.34. The van der Waals surface area contributed by atoms with Crippen LogP contribution in [0.2, 0.25) is 0 Å². The van der Waals surface area contributed by atoms with E-state index in [-0.39, 0.29) is 5.56 Å². The fourth-order valence-electron chi connectivity index (χ4n) is 2.12. The summed E-state index contributed by atoms with van der Waals surface area (Å²) in [5.74, 6) is 0.431. The van der Waals surface area contributed by atoms with Gasteiger partial charge in [0.15, 0.2) is 0 Å². The van der Waals surface area contributed by atoms with Crippen molar-refractivity contribution in [3.8, 4) is 5.69 Å². The molecule has 2 aromatic rings. The van der Waals surface area contributed by atoms with Crippen molar-refractivity contribution in [2.45, 2.75) is 20.8 Å². The normalized spacial score (nSPS) is 10.7. The lowest BCUT2D eigenvalue weighted by molar-refractivity contribution is 0.858. The minimum Gasteiger partial charge on any atom is -0.384 e. The molecule has 0 aliphatic carbocycles. The van der Waals surface area contributed by atoms with Gasteiger partial charge in [-0.15, -0.1) is 0 Å². The van der Waals surface area contributed by atoms with Crippen LogP contribution in [0.1, 0.15) is 16.7 Å². The number of aromatic amines is 1. The molecule has 1 aromatic carbocycles. The number of aromatic nitrogens is 2. The first-order valence-corrected chi connectivity index (χ1v) is 5.15. The summed E-state index contributed by atoms with van der Waals surface area (Å²) in [4.78, 5) is 11.2. The fraction of sp³-hybridized carbons (Fsp3) is 0.250. The molecule has 3 N–H and O–H groups in total. The highest BCUT2D eigenvalue weighted by Crippen LogP contribution is 2.21. The summed E-state index contributed by atoms with van der Waals surface area (Å²) < 4.78 is 1.63. The topological polar surface area (TPSA) is 63.8 Å². The predicted octanol–water partition coefficient (Wildman–Crippen LogP) is 1.67. The third-order valence-electron chi connectivity index (χ3n) is 2.62. The molecule has 0 aliphatic heterocycles. The summed E-state index contributed by atoms with van der Waals surface area (Å²) in [6.45, 7) is 6.06. The van der Waals surface area contributed by atoms with Crippen LogP contribution in [0.3, 0.4) is 0 Å². The number of nitrogen functional groups attached to an aromatic ring is 1. The third-order valence-corrected chi connectivity index (χ3v) is 2.62. The van der Waals surface area contributed by atoms with Crippen molar-refractivity contribution in [3.63, 3.8) is 0 Å². The number of hydrogen-bond donors (Lipinski definition) is 2. The van der Waals surface area contributed by atoms with Crippen LogP contribution in [-0.4, -0.2) is 9.78 Å². The average Bonchev–Trinajstić information content (AvgIpc) is 2.43. The first-order chi connectivity index (χ1) is 7.49. The molecule has 0 unspecified atom stereocenters. The van der Waals surface area contributed by atoms with Gasteiger partial charge in [-0.2, -0.15) is 0 Å². The van der Waals surface area contributed by atoms with Gasteiger partial charge >= 0.3 is 0 Å². The standard InChI is InChI=1S/C12H15N3O/c1-7-4-8(2)12(9(3)5-7)15-10(13)6-11(16)14-15/h4-6H,13H2,1-3H3,(H,14,16). The molecule has 0 aliphatic rings. The van der Waals surface area contributed by atoms with Crippen molar-refractivity contribution in [2.24, 2.45) is 0 Å². The van der Waals surface area contributed by atoms with Crippen LogP contribution in [-0.2, 0) is 0 Å². The molecular weight excluding hydrogens is 202 g/mol. The van der Waals surface area contributed by atoms with E-state index in [9.17, 15) is 4.79 Å². The minimum absolute atomic E-state index is 0.183. The van der Waals surface area contributed by atoms with Gasteiger partial charge in [0.1, 0.15) is 5.82 Å². The number of nitrogens with two attached hydrogens (primary N) is 1. The summed E-state index contributed by atoms with van der Waals surface area (Å²) in [6, 6.07) is 5.53. The molecule has 0 saturated heterocycles. The molecule has 0 atom stereocenters. The van der Waals surface area contributed by atoms with E-state index in [0.717, 1.165) is 16.8 Å². The van der Waals surface area contributed by atoms with Crippen molar-refractivity contribution in [2.75, 3.05) is 5.73 Å². The van der Waals surface area contributed by atoms with E-state index in [4.69, 9.17) is 5.73 Å². The smallest absolute Gasteiger partial charge is 0.266 e. The number of hydrogen-bond acceptors (Lipinski definition) is 2. The molecule has 84 valence electrons. The van der Waals surface area contributed by atoms with Crippen LogP contribution in [0.25, 0.3) is 5.69 Å². The summed E-state index contributed by atoms with van der Waals surface area (Å²) in [7, 11) is 0. The Hall–Kier alpha value is -1.97. The van der Waals surface area contributed by atoms with Crippen LogP contribution in [0.4, 0.5) is 5.82 Å². The van der Waals surface area contributed by atoms with Crippen LogP contribution >= 0.6 is 0 Å². The number of rotatable bonds is 1. The second kappa shape index (κ2) is 3.56. The maximum absolute atomic E-state index is 11.2. The van der Waals surface area contributed by atoms with Crippen LogP contribution < -0.4 is 11.3 Å². The van der Waals surface area contributed by atoms with E-state index >= 15 is 0 Å². The number of nitrogens with one attached hydrogen (secondary N) is 1. The molecule has 1 aromatic heterocycles. The van der Waals surface area contributed by atoms with Crippen LogP contribution in [0.15, 0.2) is 23.0 Å². The van der Waals surface area contributed by atoms with Gasteiger partial charge in [0.2, 0.25) is 0 Å². The number of nitrogens with zero attached hydrogens (tertiary/aromatic N) is 1. The van der Waals surface area contributed by atoms with E-state index in [2.05, 4.69) is 17.2 Å². The summed E-state index contributed by atoms with van der Waals surface area (Å²) in [5, 5.41) is 2.70. The van der Waals surface area contributed by atoms with Gasteiger partial charge in [-0.25, -0.2) is 4.68 Å². The van der Waals surface area contributed by atoms with Gasteiger partial charge in [0, 0.05) is 6.07 Å². The van der Waals surface area contributed by atoms with E-state index < -0.39 is 0 Å². The highest BCUT2D eigenvalue weighted by atomic mass is 16.1. The number of anilines is 1. The predicted molar refractivity (Wildman–Crippen MR) is 65.0 cm³/mol. The van der Waals surface area contributed by atoms with Gasteiger partial charge < -0.3 is 5.73 Å². The second-order valence-corrected chi connectivity index (χ2v) is 4.13. The van der Waals surface area contributed by atoms with Crippen molar-refractivity contribution < 1.29 is 0 Å². The molecule has 2 rings (SSSR count). The lowest BCUT2D eigenvalue weighted by Crippen LogP contribution is -2.08. The largest absolute Gasteiger partial charge is 0.384 e. The second-order valence-electron chi connectivity index (χ2n) is 4.13. The van der Waals surface area contributed by atoms with E-state index in [1.807, 2.05) is 20.8 Å². The molecule has 4 nitrogen and oxygen atoms in total. The molecule has 0 spiro atoms. The van der Waals surface area contributed by atoms with Crippen molar-refractivity contribution in [1.29, 1.82) is 0 Å². The molecule has 4 heteroatoms. The quantitative estimate of drug-likeness (QED) is 0.763. The minimum atomic E-state index is -0.183. The lowest BCUT2D eigenvalue weighted by Gasteiger charge is -2.13. The molecule has 0 saturated carbocycles. The Morgan fingerprint density at radius 1 is 1.12 bits per heavy atom. The van der Waals surface area contributed by atoms with Crippen molar-refractivity contribution in [3.05, 3.63) is 45.2 Å². The Bertz CT molecular complexity index is 570. The number of aryl methyl sites for hydroxylation is 3. The SMILES string of the molecule is Cc1cc(C)c(-n2[nH]c(=O)cc2N)c(C)c1. The first kappa shape index (κ1) is 10.5. The molecule has 16 heavy (non-hydrogen) atoms. The summed E-state index contributed by atoms with van der Waals surface area (Å²) in [5.41, 5.74) is 9.93. The third kappa shape index (κ3) is 1.62. The van der Waals surface area contributed by atoms with Gasteiger partial charge in [0.25, 0.3) is 5.56 Å². The Balaban J connectivity index is 2.74. The molecule has 1 heterocycles. The van der Waals surface area contributed by atoms with Gasteiger partial charge in [0.05, 0.1) is 5.69 Å². The highest BCUT2D eigenvalue weighted by Gasteiger charge is 2.09. The Morgan fingerprint density at radius 3 is 2.12 bits per heavy atom. The van der Waals surface area contributed by atoms with Crippen molar-refractivity contribution in [1.82, 2.24) is 9.78 Å². The molecule has 0 amide bonds. The Morgan fingerprint density at radius 2 is 1.69 bits per heavy atom. The maximum Gasteiger partial charge on any atom is 0.266 e. The van der Waals surface area contributed by atoms with E-state index in [1.54, 1.807) is 4.68 Å². The fourth-order valence-corrected chi connectivity index (χ4v) is 2.12. The van der Waals surface area contributed by atoms with Crippen LogP contribution in [0, 0.1) is 20.8 Å². The van der Waals surface area contributed by atoms with Crippen LogP contribution in [0.5, 0.6) is 0 Å². The van der Waals surface area contributed by atoms with E-state index in [1.165, 1.54) is 11.6 Å². The molecular formula is C12H15N3O. The van der Waals surface area contributed by atoms with Crippen molar-refractivity contribution >= 4 is 5.82 Å². The Labute approximate surface area is 93.7 Å². The molecule has 0 radical (unpaired) electrons. The van der Waals surface area contributed by atoms with Gasteiger partial charge in [-0.05, 0) is 31.9 Å². The summed E-state index contributed by atoms with van der Waals surface area (Å²) >= 11 is 0. The van der Waals surface area contributed by atoms with Gasteiger partial charge in [-0.1, -0.05) is 17.7 Å².